The molecule has 3 nitrogen and oxygen atoms in total. The van der Waals surface area contributed by atoms with Crippen molar-refractivity contribution >= 4 is 24.2 Å². The highest BCUT2D eigenvalue weighted by Gasteiger charge is 2.30. The number of rotatable bonds is 3. The van der Waals surface area contributed by atoms with E-state index in [9.17, 15) is 4.79 Å². The molecule has 0 radical (unpaired) electrons. The van der Waals surface area contributed by atoms with E-state index in [0.29, 0.717) is 6.54 Å². The first-order valence-electron chi connectivity index (χ1n) is 5.42. The lowest BCUT2D eigenvalue weighted by atomic mass is 10.2. The van der Waals surface area contributed by atoms with Crippen LogP contribution >= 0.6 is 12.6 Å². The molecule has 2 rings (SSSR count). The molecule has 0 aromatic heterocycles. The summed E-state index contributed by atoms with van der Waals surface area (Å²) in [5.74, 6) is 1.59. The summed E-state index contributed by atoms with van der Waals surface area (Å²) in [6.07, 6.45) is 0.491. The van der Waals surface area contributed by atoms with Gasteiger partial charge < -0.3 is 9.64 Å². The number of para-hydroxylation sites is 2. The van der Waals surface area contributed by atoms with Crippen molar-refractivity contribution in [3.63, 3.8) is 0 Å². The number of benzene rings is 1. The van der Waals surface area contributed by atoms with Gasteiger partial charge in [-0.2, -0.15) is 12.6 Å². The van der Waals surface area contributed by atoms with Gasteiger partial charge in [0, 0.05) is 6.54 Å². The van der Waals surface area contributed by atoms with Gasteiger partial charge in [-0.05, 0) is 31.2 Å². The Balaban J connectivity index is 2.30. The normalized spacial score (nSPS) is 19.2. The number of anilines is 1. The maximum absolute atomic E-state index is 12.0. The second-order valence-corrected chi connectivity index (χ2v) is 4.24. The molecule has 0 fully saturated rings. The van der Waals surface area contributed by atoms with Crippen molar-refractivity contribution in [2.45, 2.75) is 19.4 Å². The van der Waals surface area contributed by atoms with Crippen LogP contribution in [0, 0.1) is 0 Å². The molecule has 1 amide bonds. The van der Waals surface area contributed by atoms with Crippen LogP contribution in [0.5, 0.6) is 5.75 Å². The lowest BCUT2D eigenvalue weighted by Crippen LogP contribution is -2.44. The molecule has 0 saturated heterocycles. The predicted octanol–water partition coefficient (Wildman–Crippen LogP) is 2.12. The predicted molar refractivity (Wildman–Crippen MR) is 67.4 cm³/mol. The number of amides is 1. The number of hydrogen-bond acceptors (Lipinski definition) is 3. The molecule has 0 spiro atoms. The fourth-order valence-corrected chi connectivity index (χ4v) is 1.96. The van der Waals surface area contributed by atoms with Gasteiger partial charge in [-0.15, -0.1) is 0 Å². The number of carbonyl (C=O) groups is 1. The summed E-state index contributed by atoms with van der Waals surface area (Å²) >= 11 is 4.17. The van der Waals surface area contributed by atoms with Crippen molar-refractivity contribution in [2.75, 3.05) is 17.2 Å². The van der Waals surface area contributed by atoms with Crippen molar-refractivity contribution in [3.8, 4) is 5.75 Å². The number of fused-ring (bicyclic) bond motifs is 1. The van der Waals surface area contributed by atoms with Crippen molar-refractivity contribution in [1.82, 2.24) is 0 Å². The Bertz CT molecular complexity index is 394. The molecule has 0 aliphatic carbocycles. The van der Waals surface area contributed by atoms with E-state index in [-0.39, 0.29) is 5.91 Å². The molecule has 1 aliphatic rings. The number of hydrogen-bond donors (Lipinski definition) is 1. The minimum Gasteiger partial charge on any atom is -0.479 e. The topological polar surface area (TPSA) is 29.5 Å². The van der Waals surface area contributed by atoms with E-state index < -0.39 is 6.10 Å². The molecule has 1 aromatic rings. The average Bonchev–Trinajstić information content (AvgIpc) is 2.30. The standard InChI is InChI=1S/C12H15NO2S/c1-9-12(14)13(7-4-8-16)10-5-2-3-6-11(10)15-9/h2-3,5-6,9,16H,4,7-8H2,1H3. The summed E-state index contributed by atoms with van der Waals surface area (Å²) in [5, 5.41) is 0. The average molecular weight is 237 g/mol. The van der Waals surface area contributed by atoms with Gasteiger partial charge in [0.1, 0.15) is 5.75 Å². The van der Waals surface area contributed by atoms with Gasteiger partial charge in [-0.3, -0.25) is 4.79 Å². The molecule has 1 unspecified atom stereocenters. The molecule has 16 heavy (non-hydrogen) atoms. The van der Waals surface area contributed by atoms with E-state index in [4.69, 9.17) is 4.74 Å². The third kappa shape index (κ3) is 2.02. The van der Waals surface area contributed by atoms with Gasteiger partial charge in [0.25, 0.3) is 5.91 Å². The SMILES string of the molecule is CC1Oc2ccccc2N(CCCS)C1=O. The second kappa shape index (κ2) is 4.78. The third-order valence-corrected chi connectivity index (χ3v) is 2.93. The zero-order valence-electron chi connectivity index (χ0n) is 9.22. The van der Waals surface area contributed by atoms with Gasteiger partial charge in [-0.25, -0.2) is 0 Å². The first-order chi connectivity index (χ1) is 7.74. The molecule has 86 valence electrons. The number of carbonyl (C=O) groups excluding carboxylic acids is 1. The third-order valence-electron chi connectivity index (χ3n) is 2.61. The van der Waals surface area contributed by atoms with Gasteiger partial charge in [-0.1, -0.05) is 12.1 Å². The van der Waals surface area contributed by atoms with Crippen LogP contribution in [0.4, 0.5) is 5.69 Å². The molecule has 4 heteroatoms. The van der Waals surface area contributed by atoms with Crippen LogP contribution in [0.15, 0.2) is 24.3 Å². The number of nitrogens with zero attached hydrogens (tertiary/aromatic N) is 1. The minimum atomic E-state index is -0.394. The molecule has 1 heterocycles. The van der Waals surface area contributed by atoms with Gasteiger partial charge in [0.15, 0.2) is 6.10 Å². The van der Waals surface area contributed by atoms with E-state index in [2.05, 4.69) is 12.6 Å². The first-order valence-corrected chi connectivity index (χ1v) is 6.05. The Morgan fingerprint density at radius 3 is 2.94 bits per heavy atom. The quantitative estimate of drug-likeness (QED) is 0.816. The smallest absolute Gasteiger partial charge is 0.267 e. The summed E-state index contributed by atoms with van der Waals surface area (Å²) in [7, 11) is 0. The Hall–Kier alpha value is -1.16. The van der Waals surface area contributed by atoms with E-state index in [0.717, 1.165) is 23.6 Å². The van der Waals surface area contributed by atoms with Crippen molar-refractivity contribution in [1.29, 1.82) is 0 Å². The van der Waals surface area contributed by atoms with Crippen molar-refractivity contribution < 1.29 is 9.53 Å². The Labute approximate surface area is 101 Å². The van der Waals surface area contributed by atoms with Gasteiger partial charge in [0.2, 0.25) is 0 Å². The fourth-order valence-electron chi connectivity index (χ4n) is 1.82. The van der Waals surface area contributed by atoms with Crippen LogP contribution in [0.3, 0.4) is 0 Å². The van der Waals surface area contributed by atoms with Crippen LogP contribution in [-0.4, -0.2) is 24.3 Å². The molecular weight excluding hydrogens is 222 g/mol. The van der Waals surface area contributed by atoms with E-state index in [1.807, 2.05) is 24.3 Å². The summed E-state index contributed by atoms with van der Waals surface area (Å²) in [4.78, 5) is 13.8. The maximum atomic E-state index is 12.0. The highest BCUT2D eigenvalue weighted by Crippen LogP contribution is 2.33. The molecule has 1 aromatic carbocycles. The number of ether oxygens (including phenoxy) is 1. The lowest BCUT2D eigenvalue weighted by Gasteiger charge is -2.32. The second-order valence-electron chi connectivity index (χ2n) is 3.79. The van der Waals surface area contributed by atoms with Crippen LogP contribution < -0.4 is 9.64 Å². The molecule has 0 saturated carbocycles. The first kappa shape index (κ1) is 11.3. The molecule has 0 N–H and O–H groups in total. The summed E-state index contributed by atoms with van der Waals surface area (Å²) in [6.45, 7) is 2.49. The van der Waals surface area contributed by atoms with Crippen molar-refractivity contribution in [2.24, 2.45) is 0 Å². The fraction of sp³-hybridized carbons (Fsp3) is 0.417. The number of thiol groups is 1. The Morgan fingerprint density at radius 1 is 1.44 bits per heavy atom. The largest absolute Gasteiger partial charge is 0.479 e. The van der Waals surface area contributed by atoms with E-state index in [1.54, 1.807) is 11.8 Å². The Morgan fingerprint density at radius 2 is 2.19 bits per heavy atom. The Kier molecular flexibility index (Phi) is 3.39. The van der Waals surface area contributed by atoms with Crippen LogP contribution in [0.2, 0.25) is 0 Å². The highest BCUT2D eigenvalue weighted by molar-refractivity contribution is 7.80. The summed E-state index contributed by atoms with van der Waals surface area (Å²) in [5.41, 5.74) is 0.868. The molecule has 1 atom stereocenters. The lowest BCUT2D eigenvalue weighted by molar-refractivity contribution is -0.125. The summed E-state index contributed by atoms with van der Waals surface area (Å²) < 4.78 is 5.54. The monoisotopic (exact) mass is 237 g/mol. The van der Waals surface area contributed by atoms with Gasteiger partial charge in [0.05, 0.1) is 5.69 Å². The molecular formula is C12H15NO2S. The van der Waals surface area contributed by atoms with Crippen LogP contribution in [0.25, 0.3) is 0 Å². The zero-order chi connectivity index (χ0) is 11.5. The van der Waals surface area contributed by atoms with Crippen molar-refractivity contribution in [3.05, 3.63) is 24.3 Å². The van der Waals surface area contributed by atoms with E-state index >= 15 is 0 Å². The summed E-state index contributed by atoms with van der Waals surface area (Å²) in [6, 6.07) is 7.64. The zero-order valence-corrected chi connectivity index (χ0v) is 10.1. The van der Waals surface area contributed by atoms with Gasteiger partial charge >= 0.3 is 0 Å². The molecule has 0 bridgehead atoms. The maximum Gasteiger partial charge on any atom is 0.267 e. The van der Waals surface area contributed by atoms with E-state index in [1.165, 1.54) is 0 Å². The van der Waals surface area contributed by atoms with Crippen LogP contribution in [0.1, 0.15) is 13.3 Å². The molecule has 1 aliphatic heterocycles. The minimum absolute atomic E-state index is 0.0282. The highest BCUT2D eigenvalue weighted by atomic mass is 32.1. The van der Waals surface area contributed by atoms with Crippen LogP contribution in [-0.2, 0) is 4.79 Å².